The quantitative estimate of drug-likeness (QED) is 0.328. The molecule has 150 valence electrons. The Hall–Kier alpha value is -1.43. The molecule has 6 nitrogen and oxygen atoms in total. The van der Waals surface area contributed by atoms with E-state index in [1.165, 1.54) is 51.4 Å². The summed E-state index contributed by atoms with van der Waals surface area (Å²) in [4.78, 5) is 39.1. The number of rotatable bonds is 16. The molecule has 1 fully saturated rings. The summed E-state index contributed by atoms with van der Waals surface area (Å²) in [5, 5.41) is 9.32. The van der Waals surface area contributed by atoms with Gasteiger partial charge in [-0.2, -0.15) is 0 Å². The minimum absolute atomic E-state index is 0.135. The van der Waals surface area contributed by atoms with Crippen molar-refractivity contribution in [2.45, 2.75) is 103 Å². The first-order valence-electron chi connectivity index (χ1n) is 10.3. The molecule has 0 atom stereocenters. The highest BCUT2D eigenvalue weighted by Gasteiger charge is 2.32. The van der Waals surface area contributed by atoms with E-state index in [2.05, 4.69) is 0 Å². The lowest BCUT2D eigenvalue weighted by Gasteiger charge is -2.12. The molecule has 1 aliphatic rings. The number of carbonyl (C=O) groups is 3. The lowest BCUT2D eigenvalue weighted by molar-refractivity contribution is -0.197. The van der Waals surface area contributed by atoms with Crippen LogP contribution in [0.25, 0.3) is 0 Å². The molecule has 1 N–H and O–H groups in total. The third-order valence-electron chi connectivity index (χ3n) is 4.74. The second-order valence-corrected chi connectivity index (χ2v) is 7.11. The Morgan fingerprint density at radius 1 is 0.731 bits per heavy atom. The van der Waals surface area contributed by atoms with Crippen molar-refractivity contribution in [3.8, 4) is 0 Å². The maximum atomic E-state index is 11.6. The van der Waals surface area contributed by atoms with Crippen molar-refractivity contribution in [1.82, 2.24) is 5.06 Å². The first-order valence-corrected chi connectivity index (χ1v) is 10.3. The molecule has 1 rings (SSSR count). The Bertz CT molecular complexity index is 408. The molecule has 0 aliphatic carbocycles. The molecule has 0 unspecified atom stereocenters. The number of carbonyl (C=O) groups excluding carboxylic acids is 3. The molecule has 6 heteroatoms. The van der Waals surface area contributed by atoms with Gasteiger partial charge in [-0.05, 0) is 12.8 Å². The van der Waals surface area contributed by atoms with Crippen LogP contribution in [0.5, 0.6) is 0 Å². The Morgan fingerprint density at radius 2 is 1.12 bits per heavy atom. The molecule has 1 heterocycles. The molecule has 0 radical (unpaired) electrons. The zero-order chi connectivity index (χ0) is 19.0. The number of hydroxylamine groups is 2. The molecule has 0 bridgehead atoms. The van der Waals surface area contributed by atoms with Crippen LogP contribution in [0.15, 0.2) is 0 Å². The van der Waals surface area contributed by atoms with Crippen LogP contribution in [-0.4, -0.2) is 34.6 Å². The number of hydrogen-bond acceptors (Lipinski definition) is 5. The number of aliphatic hydroxyl groups excluding tert-OH is 1. The van der Waals surface area contributed by atoms with Crippen LogP contribution >= 0.6 is 0 Å². The Labute approximate surface area is 157 Å². The molecule has 26 heavy (non-hydrogen) atoms. The van der Waals surface area contributed by atoms with E-state index in [-0.39, 0.29) is 19.3 Å². The summed E-state index contributed by atoms with van der Waals surface area (Å²) in [7, 11) is 0. The first-order chi connectivity index (χ1) is 12.6. The summed E-state index contributed by atoms with van der Waals surface area (Å²) in [6, 6.07) is 0. The van der Waals surface area contributed by atoms with E-state index in [0.717, 1.165) is 32.1 Å². The second kappa shape index (κ2) is 14.7. The monoisotopic (exact) mass is 369 g/mol. The van der Waals surface area contributed by atoms with Crippen molar-refractivity contribution < 1.29 is 24.3 Å². The molecule has 0 aromatic carbocycles. The van der Waals surface area contributed by atoms with Crippen molar-refractivity contribution in [1.29, 1.82) is 0 Å². The largest absolute Gasteiger partial charge is 0.396 e. The summed E-state index contributed by atoms with van der Waals surface area (Å²) < 4.78 is 0. The smallest absolute Gasteiger partial charge is 0.333 e. The summed E-state index contributed by atoms with van der Waals surface area (Å²) in [6.45, 7) is 0.318. The molecular formula is C20H35NO5. The summed E-state index contributed by atoms with van der Waals surface area (Å²) >= 11 is 0. The number of hydrogen-bond donors (Lipinski definition) is 1. The van der Waals surface area contributed by atoms with Gasteiger partial charge in [0.15, 0.2) is 0 Å². The van der Waals surface area contributed by atoms with Gasteiger partial charge in [0.05, 0.1) is 0 Å². The van der Waals surface area contributed by atoms with E-state index in [1.807, 2.05) is 0 Å². The standard InChI is InChI=1S/C20H35NO5/c22-17-13-11-9-7-5-3-1-2-4-6-8-10-12-14-20(25)26-21-18(23)15-16-19(21)24/h22H,1-17H2. The average molecular weight is 370 g/mol. The predicted octanol–water partition coefficient (Wildman–Crippen LogP) is 4.05. The normalized spacial score (nSPS) is 14.3. The fourth-order valence-electron chi connectivity index (χ4n) is 3.13. The molecule has 0 aromatic heterocycles. The third-order valence-corrected chi connectivity index (χ3v) is 4.74. The highest BCUT2D eigenvalue weighted by molar-refractivity contribution is 6.01. The van der Waals surface area contributed by atoms with Gasteiger partial charge in [-0.1, -0.05) is 70.6 Å². The SMILES string of the molecule is O=C(CCCCCCCCCCCCCCCO)ON1C(=O)CCC1=O. The maximum Gasteiger partial charge on any atom is 0.333 e. The number of unbranched alkanes of at least 4 members (excludes halogenated alkanes) is 12. The van der Waals surface area contributed by atoms with Gasteiger partial charge < -0.3 is 9.94 Å². The Kier molecular flexibility index (Phi) is 12.8. The molecule has 0 spiro atoms. The maximum absolute atomic E-state index is 11.6. The minimum atomic E-state index is -0.493. The fraction of sp³-hybridized carbons (Fsp3) is 0.850. The van der Waals surface area contributed by atoms with E-state index in [9.17, 15) is 14.4 Å². The number of aliphatic hydroxyl groups is 1. The van der Waals surface area contributed by atoms with Gasteiger partial charge in [0.25, 0.3) is 11.8 Å². The molecule has 0 aromatic rings. The van der Waals surface area contributed by atoms with Gasteiger partial charge in [0, 0.05) is 25.9 Å². The molecule has 1 aliphatic heterocycles. The summed E-state index contributed by atoms with van der Waals surface area (Å²) in [5.74, 6) is -1.34. The summed E-state index contributed by atoms with van der Waals surface area (Å²) in [6.07, 6.45) is 15.6. The van der Waals surface area contributed by atoms with Crippen molar-refractivity contribution in [3.63, 3.8) is 0 Å². The van der Waals surface area contributed by atoms with Crippen LogP contribution in [-0.2, 0) is 19.2 Å². The van der Waals surface area contributed by atoms with Gasteiger partial charge >= 0.3 is 5.97 Å². The number of nitrogens with zero attached hydrogens (tertiary/aromatic N) is 1. The average Bonchev–Trinajstić information content (AvgIpc) is 2.94. The number of amides is 2. The van der Waals surface area contributed by atoms with E-state index in [0.29, 0.717) is 11.7 Å². The van der Waals surface area contributed by atoms with Crippen LogP contribution in [0.2, 0.25) is 0 Å². The fourth-order valence-corrected chi connectivity index (χ4v) is 3.13. The Morgan fingerprint density at radius 3 is 1.54 bits per heavy atom. The van der Waals surface area contributed by atoms with Gasteiger partial charge in [0.2, 0.25) is 0 Å². The van der Waals surface area contributed by atoms with Crippen LogP contribution < -0.4 is 0 Å². The van der Waals surface area contributed by atoms with Crippen molar-refractivity contribution in [2.24, 2.45) is 0 Å². The molecule has 2 amide bonds. The van der Waals surface area contributed by atoms with E-state index < -0.39 is 17.8 Å². The molecule has 1 saturated heterocycles. The van der Waals surface area contributed by atoms with E-state index in [4.69, 9.17) is 9.94 Å². The predicted molar refractivity (Wildman–Crippen MR) is 98.9 cm³/mol. The van der Waals surface area contributed by atoms with Crippen molar-refractivity contribution >= 4 is 17.8 Å². The van der Waals surface area contributed by atoms with Gasteiger partial charge in [-0.3, -0.25) is 9.59 Å². The van der Waals surface area contributed by atoms with E-state index in [1.54, 1.807) is 0 Å². The lowest BCUT2D eigenvalue weighted by atomic mass is 10.0. The van der Waals surface area contributed by atoms with Gasteiger partial charge in [-0.25, -0.2) is 4.79 Å². The highest BCUT2D eigenvalue weighted by Crippen LogP contribution is 2.15. The first kappa shape index (κ1) is 22.6. The second-order valence-electron chi connectivity index (χ2n) is 7.11. The van der Waals surface area contributed by atoms with Gasteiger partial charge in [0.1, 0.15) is 0 Å². The van der Waals surface area contributed by atoms with Crippen LogP contribution in [0.3, 0.4) is 0 Å². The van der Waals surface area contributed by atoms with Crippen molar-refractivity contribution in [3.05, 3.63) is 0 Å². The molecule has 0 saturated carbocycles. The van der Waals surface area contributed by atoms with Crippen LogP contribution in [0, 0.1) is 0 Å². The lowest BCUT2D eigenvalue weighted by Crippen LogP contribution is -2.31. The topological polar surface area (TPSA) is 83.9 Å². The minimum Gasteiger partial charge on any atom is -0.396 e. The zero-order valence-electron chi connectivity index (χ0n) is 16.0. The summed E-state index contributed by atoms with van der Waals surface area (Å²) in [5.41, 5.74) is 0. The van der Waals surface area contributed by atoms with Crippen LogP contribution in [0.1, 0.15) is 103 Å². The van der Waals surface area contributed by atoms with E-state index >= 15 is 0 Å². The Balaban J connectivity index is 1.82. The van der Waals surface area contributed by atoms with Gasteiger partial charge in [-0.15, -0.1) is 5.06 Å². The highest BCUT2D eigenvalue weighted by atomic mass is 16.7. The molecular weight excluding hydrogens is 334 g/mol. The van der Waals surface area contributed by atoms with Crippen molar-refractivity contribution in [2.75, 3.05) is 6.61 Å². The number of imide groups is 1. The van der Waals surface area contributed by atoms with Crippen LogP contribution in [0.4, 0.5) is 0 Å². The third kappa shape index (κ3) is 10.5. The zero-order valence-corrected chi connectivity index (χ0v) is 16.0.